The standard InChI is InChI=1S/C30H28F2N4O2/c1-20-2-4-21(5-3-20)29(37)34-14-12-33(13-15-34)25-17-35(18-25)30(38)22-6-11-28-26(16-22)27(32)19-36(28)24-9-7-23(31)8-10-24/h2-11,16,19,25H,12-15,17-18H2,1H3. The average Bonchev–Trinajstić information content (AvgIpc) is 3.24. The van der Waals surface area contributed by atoms with E-state index in [1.165, 1.54) is 18.3 Å². The molecule has 0 bridgehead atoms. The number of aromatic nitrogens is 1. The predicted octanol–water partition coefficient (Wildman–Crippen LogP) is 4.50. The molecule has 2 aliphatic rings. The number of aryl methyl sites for hydroxylation is 1. The van der Waals surface area contributed by atoms with Crippen LogP contribution in [-0.2, 0) is 0 Å². The summed E-state index contributed by atoms with van der Waals surface area (Å²) in [6.45, 7) is 6.11. The Bertz CT molecular complexity index is 1500. The van der Waals surface area contributed by atoms with Crippen LogP contribution in [0, 0.1) is 18.6 Å². The van der Waals surface area contributed by atoms with E-state index >= 15 is 0 Å². The number of likely N-dealkylation sites (tertiary alicyclic amines) is 1. The van der Waals surface area contributed by atoms with E-state index in [0.717, 1.165) is 18.7 Å². The molecule has 38 heavy (non-hydrogen) atoms. The second kappa shape index (κ2) is 9.68. The van der Waals surface area contributed by atoms with Crippen LogP contribution in [0.3, 0.4) is 0 Å². The number of carbonyl (C=O) groups is 2. The number of benzene rings is 3. The maximum atomic E-state index is 14.8. The maximum absolute atomic E-state index is 14.8. The van der Waals surface area contributed by atoms with Crippen molar-refractivity contribution < 1.29 is 18.4 Å². The molecule has 0 radical (unpaired) electrons. The SMILES string of the molecule is Cc1ccc(C(=O)N2CCN(C3CN(C(=O)c4ccc5c(c4)c(F)cn5-c4ccc(F)cc4)C3)CC2)cc1. The number of carbonyl (C=O) groups excluding carboxylic acids is 2. The zero-order chi connectivity index (χ0) is 26.4. The summed E-state index contributed by atoms with van der Waals surface area (Å²) in [5.74, 6) is -0.848. The van der Waals surface area contributed by atoms with Crippen molar-refractivity contribution in [1.29, 1.82) is 0 Å². The van der Waals surface area contributed by atoms with Crippen LogP contribution in [0.4, 0.5) is 8.78 Å². The summed E-state index contributed by atoms with van der Waals surface area (Å²) in [7, 11) is 0. The number of piperazine rings is 1. The Morgan fingerprint density at radius 3 is 2.08 bits per heavy atom. The zero-order valence-electron chi connectivity index (χ0n) is 21.1. The van der Waals surface area contributed by atoms with Gasteiger partial charge in [0.25, 0.3) is 11.8 Å². The lowest BCUT2D eigenvalue weighted by Gasteiger charge is -2.48. The van der Waals surface area contributed by atoms with Crippen LogP contribution in [0.5, 0.6) is 0 Å². The minimum atomic E-state index is -0.432. The first-order valence-corrected chi connectivity index (χ1v) is 12.8. The van der Waals surface area contributed by atoms with Crippen molar-refractivity contribution in [3.63, 3.8) is 0 Å². The van der Waals surface area contributed by atoms with Crippen molar-refractivity contribution in [1.82, 2.24) is 19.3 Å². The molecule has 0 spiro atoms. The summed E-state index contributed by atoms with van der Waals surface area (Å²) in [5.41, 5.74) is 3.55. The highest BCUT2D eigenvalue weighted by Gasteiger charge is 2.37. The fourth-order valence-corrected chi connectivity index (χ4v) is 5.34. The first-order chi connectivity index (χ1) is 18.4. The molecule has 0 atom stereocenters. The van der Waals surface area contributed by atoms with E-state index in [4.69, 9.17) is 0 Å². The van der Waals surface area contributed by atoms with Gasteiger partial charge in [-0.15, -0.1) is 0 Å². The van der Waals surface area contributed by atoms with E-state index < -0.39 is 5.82 Å². The van der Waals surface area contributed by atoms with Crippen molar-refractivity contribution in [3.05, 3.63) is 101 Å². The van der Waals surface area contributed by atoms with Crippen LogP contribution in [0.15, 0.2) is 72.9 Å². The minimum Gasteiger partial charge on any atom is -0.336 e. The minimum absolute atomic E-state index is 0.0611. The molecule has 6 rings (SSSR count). The molecule has 3 heterocycles. The summed E-state index contributed by atoms with van der Waals surface area (Å²) in [4.78, 5) is 31.9. The quantitative estimate of drug-likeness (QED) is 0.403. The number of halogens is 2. The van der Waals surface area contributed by atoms with Gasteiger partial charge in [0.1, 0.15) is 11.6 Å². The van der Waals surface area contributed by atoms with E-state index in [1.807, 2.05) is 36.1 Å². The third kappa shape index (κ3) is 4.45. The van der Waals surface area contributed by atoms with E-state index in [0.29, 0.717) is 53.9 Å². The normalized spacial score (nSPS) is 16.6. The van der Waals surface area contributed by atoms with Gasteiger partial charge in [-0.1, -0.05) is 17.7 Å². The van der Waals surface area contributed by atoms with Crippen molar-refractivity contribution in [2.75, 3.05) is 39.3 Å². The molecule has 4 aromatic rings. The molecule has 2 amide bonds. The van der Waals surface area contributed by atoms with Gasteiger partial charge in [-0.25, -0.2) is 8.78 Å². The average molecular weight is 515 g/mol. The van der Waals surface area contributed by atoms with E-state index in [9.17, 15) is 18.4 Å². The molecule has 0 unspecified atom stereocenters. The number of nitrogens with zero attached hydrogens (tertiary/aromatic N) is 4. The molecule has 1 aromatic heterocycles. The zero-order valence-corrected chi connectivity index (χ0v) is 21.1. The van der Waals surface area contributed by atoms with Gasteiger partial charge >= 0.3 is 0 Å². The van der Waals surface area contributed by atoms with Crippen LogP contribution in [-0.4, -0.2) is 76.4 Å². The van der Waals surface area contributed by atoms with Crippen LogP contribution in [0.1, 0.15) is 26.3 Å². The lowest BCUT2D eigenvalue weighted by Crippen LogP contribution is -2.64. The van der Waals surface area contributed by atoms with E-state index in [2.05, 4.69) is 4.90 Å². The second-order valence-corrected chi connectivity index (χ2v) is 10.1. The van der Waals surface area contributed by atoms with Crippen LogP contribution >= 0.6 is 0 Å². The molecule has 2 aliphatic heterocycles. The Labute approximate surface area is 219 Å². The van der Waals surface area contributed by atoms with Crippen LogP contribution < -0.4 is 0 Å². The third-order valence-electron chi connectivity index (χ3n) is 7.67. The van der Waals surface area contributed by atoms with Gasteiger partial charge in [-0.3, -0.25) is 14.5 Å². The Balaban J connectivity index is 1.07. The number of hydrogen-bond acceptors (Lipinski definition) is 3. The van der Waals surface area contributed by atoms with Gasteiger partial charge in [0, 0.05) is 73.7 Å². The highest BCUT2D eigenvalue weighted by molar-refractivity contribution is 5.99. The fraction of sp³-hybridized carbons (Fsp3) is 0.267. The molecule has 3 aromatic carbocycles. The van der Waals surface area contributed by atoms with Crippen LogP contribution in [0.2, 0.25) is 0 Å². The molecule has 0 saturated carbocycles. The van der Waals surface area contributed by atoms with Crippen molar-refractivity contribution in [2.45, 2.75) is 13.0 Å². The number of rotatable bonds is 4. The Kier molecular flexibility index (Phi) is 6.19. The molecule has 8 heteroatoms. The first kappa shape index (κ1) is 24.3. The summed E-state index contributed by atoms with van der Waals surface area (Å²) in [6.07, 6.45) is 1.36. The van der Waals surface area contributed by atoms with Crippen LogP contribution in [0.25, 0.3) is 16.6 Å². The highest BCUT2D eigenvalue weighted by Crippen LogP contribution is 2.27. The predicted molar refractivity (Wildman–Crippen MR) is 142 cm³/mol. The molecule has 0 aliphatic carbocycles. The number of fused-ring (bicyclic) bond motifs is 1. The van der Waals surface area contributed by atoms with E-state index in [-0.39, 0.29) is 23.7 Å². The summed E-state index contributed by atoms with van der Waals surface area (Å²) in [6, 6.07) is 18.8. The van der Waals surface area contributed by atoms with Crippen molar-refractivity contribution in [2.24, 2.45) is 0 Å². The summed E-state index contributed by atoms with van der Waals surface area (Å²) >= 11 is 0. The summed E-state index contributed by atoms with van der Waals surface area (Å²) < 4.78 is 29.7. The number of hydrogen-bond donors (Lipinski definition) is 0. The lowest BCUT2D eigenvalue weighted by molar-refractivity contribution is 0.00854. The van der Waals surface area contributed by atoms with Gasteiger partial charge < -0.3 is 14.4 Å². The Morgan fingerprint density at radius 1 is 0.763 bits per heavy atom. The molecule has 6 nitrogen and oxygen atoms in total. The molecule has 0 N–H and O–H groups in total. The largest absolute Gasteiger partial charge is 0.336 e. The molecule has 2 saturated heterocycles. The van der Waals surface area contributed by atoms with Crippen molar-refractivity contribution >= 4 is 22.7 Å². The Hall–Kier alpha value is -4.04. The second-order valence-electron chi connectivity index (χ2n) is 10.1. The fourth-order valence-electron chi connectivity index (χ4n) is 5.34. The van der Waals surface area contributed by atoms with Gasteiger partial charge in [0.15, 0.2) is 0 Å². The Morgan fingerprint density at radius 2 is 1.39 bits per heavy atom. The van der Waals surface area contributed by atoms with Gasteiger partial charge in [-0.2, -0.15) is 0 Å². The summed E-state index contributed by atoms with van der Waals surface area (Å²) in [5, 5.41) is 0.353. The molecular formula is C30H28F2N4O2. The van der Waals surface area contributed by atoms with Gasteiger partial charge in [-0.05, 0) is 61.5 Å². The topological polar surface area (TPSA) is 48.8 Å². The number of amides is 2. The lowest BCUT2D eigenvalue weighted by atomic mass is 10.0. The molecule has 194 valence electrons. The van der Waals surface area contributed by atoms with Gasteiger partial charge in [0.05, 0.1) is 5.52 Å². The van der Waals surface area contributed by atoms with E-state index in [1.54, 1.807) is 39.8 Å². The monoisotopic (exact) mass is 514 g/mol. The maximum Gasteiger partial charge on any atom is 0.253 e. The van der Waals surface area contributed by atoms with Gasteiger partial charge in [0.2, 0.25) is 0 Å². The smallest absolute Gasteiger partial charge is 0.253 e. The highest BCUT2D eigenvalue weighted by atomic mass is 19.1. The molecule has 2 fully saturated rings. The van der Waals surface area contributed by atoms with Crippen molar-refractivity contribution in [3.8, 4) is 5.69 Å². The third-order valence-corrected chi connectivity index (χ3v) is 7.67. The molecular weight excluding hydrogens is 486 g/mol. The first-order valence-electron chi connectivity index (χ1n) is 12.8.